The van der Waals surface area contributed by atoms with Gasteiger partial charge in [-0.2, -0.15) is 0 Å². The van der Waals surface area contributed by atoms with Crippen LogP contribution < -0.4 is 5.32 Å². The SMILES string of the molecule is O=C(O)[C@@H]1[C@@H](C(=O)Nc2cccc(Br)c2)[C@@H]2CC[C@@H]1O2. The van der Waals surface area contributed by atoms with Crippen LogP contribution in [0.25, 0.3) is 0 Å². The molecule has 2 fully saturated rings. The Hall–Kier alpha value is -1.40. The maximum atomic E-state index is 12.4. The molecule has 2 saturated heterocycles. The molecule has 106 valence electrons. The Morgan fingerprint density at radius 3 is 2.60 bits per heavy atom. The summed E-state index contributed by atoms with van der Waals surface area (Å²) < 4.78 is 6.45. The van der Waals surface area contributed by atoms with E-state index in [1.807, 2.05) is 12.1 Å². The van der Waals surface area contributed by atoms with E-state index < -0.39 is 17.8 Å². The van der Waals surface area contributed by atoms with Crippen LogP contribution >= 0.6 is 15.9 Å². The van der Waals surface area contributed by atoms with Crippen LogP contribution in [0.2, 0.25) is 0 Å². The zero-order valence-electron chi connectivity index (χ0n) is 10.6. The molecule has 5 nitrogen and oxygen atoms in total. The number of carboxylic acid groups (broad SMARTS) is 1. The molecule has 2 aliphatic heterocycles. The minimum Gasteiger partial charge on any atom is -0.481 e. The molecule has 1 aromatic carbocycles. The minimum atomic E-state index is -0.952. The maximum absolute atomic E-state index is 12.4. The van der Waals surface area contributed by atoms with Crippen molar-refractivity contribution >= 4 is 33.5 Å². The van der Waals surface area contributed by atoms with Crippen molar-refractivity contribution in [2.24, 2.45) is 11.8 Å². The quantitative estimate of drug-likeness (QED) is 0.885. The van der Waals surface area contributed by atoms with Crippen LogP contribution in [-0.2, 0) is 14.3 Å². The van der Waals surface area contributed by atoms with Gasteiger partial charge in [0.25, 0.3) is 0 Å². The Morgan fingerprint density at radius 2 is 1.95 bits per heavy atom. The van der Waals surface area contributed by atoms with Gasteiger partial charge in [-0.1, -0.05) is 22.0 Å². The Bertz CT molecular complexity index is 562. The highest BCUT2D eigenvalue weighted by molar-refractivity contribution is 9.10. The van der Waals surface area contributed by atoms with E-state index in [1.165, 1.54) is 0 Å². The molecule has 0 aliphatic carbocycles. The second-order valence-electron chi connectivity index (χ2n) is 5.18. The van der Waals surface area contributed by atoms with Gasteiger partial charge in [0, 0.05) is 10.2 Å². The van der Waals surface area contributed by atoms with Crippen molar-refractivity contribution in [1.82, 2.24) is 0 Å². The lowest BCUT2D eigenvalue weighted by atomic mass is 9.78. The normalized spacial score (nSPS) is 31.2. The number of rotatable bonds is 3. The third kappa shape index (κ3) is 2.33. The summed E-state index contributed by atoms with van der Waals surface area (Å²) in [6.45, 7) is 0. The van der Waals surface area contributed by atoms with Crippen molar-refractivity contribution in [3.63, 3.8) is 0 Å². The Kier molecular flexibility index (Phi) is 3.52. The summed E-state index contributed by atoms with van der Waals surface area (Å²) >= 11 is 3.33. The topological polar surface area (TPSA) is 75.6 Å². The molecule has 2 heterocycles. The number of aliphatic carboxylic acids is 1. The fourth-order valence-electron chi connectivity index (χ4n) is 3.12. The van der Waals surface area contributed by atoms with Crippen LogP contribution in [0.5, 0.6) is 0 Å². The molecule has 2 aliphatic rings. The minimum absolute atomic E-state index is 0.270. The molecule has 1 aromatic rings. The Labute approximate surface area is 124 Å². The van der Waals surface area contributed by atoms with Crippen LogP contribution in [0.15, 0.2) is 28.7 Å². The summed E-state index contributed by atoms with van der Waals surface area (Å²) in [4.78, 5) is 23.7. The number of carbonyl (C=O) groups is 2. The predicted octanol–water partition coefficient (Wildman–Crippen LogP) is 2.27. The van der Waals surface area contributed by atoms with Crippen LogP contribution in [-0.4, -0.2) is 29.2 Å². The zero-order valence-corrected chi connectivity index (χ0v) is 12.2. The number of hydrogen-bond acceptors (Lipinski definition) is 3. The Balaban J connectivity index is 1.78. The molecular formula is C14H14BrNO4. The molecule has 0 unspecified atom stereocenters. The average molecular weight is 340 g/mol. The van der Waals surface area contributed by atoms with Gasteiger partial charge in [0.1, 0.15) is 0 Å². The smallest absolute Gasteiger partial charge is 0.310 e. The molecule has 0 aromatic heterocycles. The van der Waals surface area contributed by atoms with Crippen molar-refractivity contribution in [2.75, 3.05) is 5.32 Å². The van der Waals surface area contributed by atoms with Gasteiger partial charge in [-0.3, -0.25) is 9.59 Å². The molecule has 1 amide bonds. The number of carboxylic acids is 1. The number of anilines is 1. The van der Waals surface area contributed by atoms with Gasteiger partial charge in [-0.05, 0) is 31.0 Å². The molecule has 20 heavy (non-hydrogen) atoms. The monoisotopic (exact) mass is 339 g/mol. The highest BCUT2D eigenvalue weighted by Gasteiger charge is 2.55. The van der Waals surface area contributed by atoms with Crippen LogP contribution in [0.3, 0.4) is 0 Å². The number of amides is 1. The molecule has 6 heteroatoms. The maximum Gasteiger partial charge on any atom is 0.310 e. The number of nitrogens with one attached hydrogen (secondary N) is 1. The van der Waals surface area contributed by atoms with Crippen LogP contribution in [0.4, 0.5) is 5.69 Å². The number of carbonyl (C=O) groups excluding carboxylic acids is 1. The van der Waals surface area contributed by atoms with Gasteiger partial charge in [-0.15, -0.1) is 0 Å². The summed E-state index contributed by atoms with van der Waals surface area (Å²) in [6, 6.07) is 7.22. The van der Waals surface area contributed by atoms with E-state index in [4.69, 9.17) is 4.74 Å². The molecular weight excluding hydrogens is 326 g/mol. The van der Waals surface area contributed by atoms with Gasteiger partial charge < -0.3 is 15.2 Å². The van der Waals surface area contributed by atoms with Crippen molar-refractivity contribution in [1.29, 1.82) is 0 Å². The van der Waals surface area contributed by atoms with Crippen molar-refractivity contribution in [2.45, 2.75) is 25.0 Å². The molecule has 4 atom stereocenters. The summed E-state index contributed by atoms with van der Waals surface area (Å²) in [5, 5.41) is 12.1. The number of ether oxygens (including phenoxy) is 1. The van der Waals surface area contributed by atoms with E-state index in [1.54, 1.807) is 12.1 Å². The summed E-state index contributed by atoms with van der Waals surface area (Å²) in [6.07, 6.45) is 0.886. The highest BCUT2D eigenvalue weighted by atomic mass is 79.9. The fraction of sp³-hybridized carbons (Fsp3) is 0.429. The van der Waals surface area contributed by atoms with Gasteiger partial charge in [0.15, 0.2) is 0 Å². The predicted molar refractivity (Wildman–Crippen MR) is 75.3 cm³/mol. The lowest BCUT2D eigenvalue weighted by molar-refractivity contribution is -0.147. The first kappa shape index (κ1) is 13.6. The molecule has 0 saturated carbocycles. The first-order valence-corrected chi connectivity index (χ1v) is 7.30. The fourth-order valence-corrected chi connectivity index (χ4v) is 3.52. The van der Waals surface area contributed by atoms with Crippen LogP contribution in [0, 0.1) is 11.8 Å². The van der Waals surface area contributed by atoms with Gasteiger partial charge >= 0.3 is 5.97 Å². The number of halogens is 1. The third-order valence-corrected chi connectivity index (χ3v) is 4.45. The van der Waals surface area contributed by atoms with Gasteiger partial charge in [0.2, 0.25) is 5.91 Å². The molecule has 2 N–H and O–H groups in total. The molecule has 0 radical (unpaired) electrons. The van der Waals surface area contributed by atoms with Crippen LogP contribution in [0.1, 0.15) is 12.8 Å². The van der Waals surface area contributed by atoms with E-state index in [-0.39, 0.29) is 18.1 Å². The van der Waals surface area contributed by atoms with E-state index in [0.717, 1.165) is 17.3 Å². The van der Waals surface area contributed by atoms with E-state index >= 15 is 0 Å². The largest absolute Gasteiger partial charge is 0.481 e. The lowest BCUT2D eigenvalue weighted by Gasteiger charge is -2.23. The first-order chi connectivity index (χ1) is 9.56. The summed E-state index contributed by atoms with van der Waals surface area (Å²) in [5.41, 5.74) is 0.649. The second-order valence-corrected chi connectivity index (χ2v) is 6.10. The third-order valence-electron chi connectivity index (χ3n) is 3.95. The summed E-state index contributed by atoms with van der Waals surface area (Å²) in [7, 11) is 0. The summed E-state index contributed by atoms with van der Waals surface area (Å²) in [5.74, 6) is -2.57. The van der Waals surface area contributed by atoms with Crippen molar-refractivity contribution in [3.05, 3.63) is 28.7 Å². The average Bonchev–Trinajstić information content (AvgIpc) is 2.98. The zero-order chi connectivity index (χ0) is 14.3. The Morgan fingerprint density at radius 1 is 1.25 bits per heavy atom. The number of hydrogen-bond donors (Lipinski definition) is 2. The molecule has 3 rings (SSSR count). The standard InChI is InChI=1S/C14H14BrNO4/c15-7-2-1-3-8(6-7)16-13(17)11-9-4-5-10(20-9)12(11)14(18)19/h1-3,6,9-12H,4-5H2,(H,16,17)(H,18,19)/t9-,10-,11-,12-/m0/s1. The van der Waals surface area contributed by atoms with Gasteiger partial charge in [0.05, 0.1) is 24.0 Å². The van der Waals surface area contributed by atoms with E-state index in [9.17, 15) is 14.7 Å². The molecule has 2 bridgehead atoms. The van der Waals surface area contributed by atoms with Gasteiger partial charge in [-0.25, -0.2) is 0 Å². The van der Waals surface area contributed by atoms with Crippen molar-refractivity contribution in [3.8, 4) is 0 Å². The first-order valence-electron chi connectivity index (χ1n) is 6.51. The van der Waals surface area contributed by atoms with E-state index in [0.29, 0.717) is 5.69 Å². The second kappa shape index (κ2) is 5.18. The van der Waals surface area contributed by atoms with E-state index in [2.05, 4.69) is 21.2 Å². The van der Waals surface area contributed by atoms with Crippen molar-refractivity contribution < 1.29 is 19.4 Å². The highest BCUT2D eigenvalue weighted by Crippen LogP contribution is 2.44. The number of fused-ring (bicyclic) bond motifs is 2. The molecule has 0 spiro atoms. The lowest BCUT2D eigenvalue weighted by Crippen LogP contribution is -2.40. The number of benzene rings is 1.